The van der Waals surface area contributed by atoms with Crippen molar-refractivity contribution in [3.63, 3.8) is 0 Å². The highest BCUT2D eigenvalue weighted by atomic mass is 16.5. The fourth-order valence-corrected chi connectivity index (χ4v) is 1.79. The lowest BCUT2D eigenvalue weighted by atomic mass is 10.1. The molecule has 0 aliphatic heterocycles. The van der Waals surface area contributed by atoms with Crippen LogP contribution >= 0.6 is 0 Å². The quantitative estimate of drug-likeness (QED) is 0.669. The number of amides is 1. The van der Waals surface area contributed by atoms with E-state index in [4.69, 9.17) is 10.5 Å². The molecule has 0 bridgehead atoms. The Labute approximate surface area is 115 Å². The molecule has 0 saturated carbocycles. The van der Waals surface area contributed by atoms with Crippen LogP contribution in [0.4, 0.5) is 0 Å². The highest BCUT2D eigenvalue weighted by Crippen LogP contribution is 2.12. The van der Waals surface area contributed by atoms with Crippen molar-refractivity contribution >= 4 is 5.91 Å². The van der Waals surface area contributed by atoms with Gasteiger partial charge in [-0.1, -0.05) is 18.6 Å². The molecule has 0 fully saturated rings. The molecule has 19 heavy (non-hydrogen) atoms. The maximum Gasteiger partial charge on any atom is 0.224 e. The van der Waals surface area contributed by atoms with Gasteiger partial charge in [-0.15, -0.1) is 0 Å². The first-order chi connectivity index (χ1) is 9.26. The summed E-state index contributed by atoms with van der Waals surface area (Å²) in [5.41, 5.74) is 6.41. The van der Waals surface area contributed by atoms with Gasteiger partial charge in [0.1, 0.15) is 5.75 Å². The number of carbonyl (C=O) groups excluding carboxylic acids is 1. The van der Waals surface area contributed by atoms with Crippen LogP contribution in [0.5, 0.6) is 5.75 Å². The number of unbranched alkanes of at least 4 members (excludes halogenated alkanes) is 2. The normalized spacial score (nSPS) is 10.2. The number of hydrogen-bond donors (Lipinski definition) is 2. The van der Waals surface area contributed by atoms with E-state index in [0.29, 0.717) is 13.0 Å². The van der Waals surface area contributed by atoms with Gasteiger partial charge in [0.25, 0.3) is 0 Å². The molecule has 1 rings (SSSR count). The van der Waals surface area contributed by atoms with Crippen molar-refractivity contribution in [1.82, 2.24) is 5.32 Å². The zero-order valence-electron chi connectivity index (χ0n) is 11.7. The van der Waals surface area contributed by atoms with Crippen LogP contribution in [0.15, 0.2) is 24.3 Å². The second-order valence-electron chi connectivity index (χ2n) is 4.45. The van der Waals surface area contributed by atoms with Gasteiger partial charge < -0.3 is 15.8 Å². The summed E-state index contributed by atoms with van der Waals surface area (Å²) >= 11 is 0. The summed E-state index contributed by atoms with van der Waals surface area (Å²) in [5.74, 6) is 0.908. The summed E-state index contributed by atoms with van der Waals surface area (Å²) in [5, 5.41) is 2.92. The molecule has 0 aliphatic carbocycles. The highest BCUT2D eigenvalue weighted by Gasteiger charge is 2.03. The van der Waals surface area contributed by atoms with Crippen LogP contribution in [0.1, 0.15) is 31.7 Å². The molecular weight excluding hydrogens is 240 g/mol. The molecule has 0 unspecified atom stereocenters. The first-order valence-electron chi connectivity index (χ1n) is 6.94. The number of nitrogens with one attached hydrogen (secondary N) is 1. The number of hydrogen-bond acceptors (Lipinski definition) is 3. The second-order valence-corrected chi connectivity index (χ2v) is 4.45. The van der Waals surface area contributed by atoms with Crippen molar-refractivity contribution in [2.45, 2.75) is 32.6 Å². The molecule has 0 heterocycles. The molecule has 0 spiro atoms. The van der Waals surface area contributed by atoms with Gasteiger partial charge in [0, 0.05) is 6.54 Å². The van der Waals surface area contributed by atoms with Gasteiger partial charge in [0.05, 0.1) is 13.0 Å². The number of benzene rings is 1. The maximum absolute atomic E-state index is 11.7. The van der Waals surface area contributed by atoms with E-state index < -0.39 is 0 Å². The molecule has 0 radical (unpaired) electrons. The van der Waals surface area contributed by atoms with Crippen molar-refractivity contribution in [2.75, 3.05) is 19.7 Å². The van der Waals surface area contributed by atoms with Crippen LogP contribution in [0.2, 0.25) is 0 Å². The van der Waals surface area contributed by atoms with E-state index in [1.807, 2.05) is 31.2 Å². The standard InChI is InChI=1S/C15H24N2O2/c1-2-19-14-8-6-13(7-9-14)12-15(18)17-11-5-3-4-10-16/h6-9H,2-5,10-12,16H2,1H3,(H,17,18). The lowest BCUT2D eigenvalue weighted by Crippen LogP contribution is -2.26. The molecule has 3 N–H and O–H groups in total. The predicted octanol–water partition coefficient (Wildman–Crippen LogP) is 1.87. The van der Waals surface area contributed by atoms with Crippen molar-refractivity contribution in [3.8, 4) is 5.75 Å². The zero-order valence-corrected chi connectivity index (χ0v) is 11.7. The van der Waals surface area contributed by atoms with Crippen LogP contribution in [-0.4, -0.2) is 25.6 Å². The molecule has 4 nitrogen and oxygen atoms in total. The Morgan fingerprint density at radius 3 is 2.58 bits per heavy atom. The molecule has 0 aromatic heterocycles. The average molecular weight is 264 g/mol. The lowest BCUT2D eigenvalue weighted by molar-refractivity contribution is -0.120. The van der Waals surface area contributed by atoms with Crippen LogP contribution in [0.25, 0.3) is 0 Å². The summed E-state index contributed by atoms with van der Waals surface area (Å²) < 4.78 is 5.36. The minimum absolute atomic E-state index is 0.0666. The third kappa shape index (κ3) is 6.82. The van der Waals surface area contributed by atoms with Crippen LogP contribution in [0, 0.1) is 0 Å². The van der Waals surface area contributed by atoms with Crippen LogP contribution < -0.4 is 15.8 Å². The Bertz CT molecular complexity index is 363. The third-order valence-electron chi connectivity index (χ3n) is 2.80. The fourth-order valence-electron chi connectivity index (χ4n) is 1.79. The predicted molar refractivity (Wildman–Crippen MR) is 77.2 cm³/mol. The van der Waals surface area contributed by atoms with Gasteiger partial charge in [-0.05, 0) is 44.0 Å². The minimum Gasteiger partial charge on any atom is -0.494 e. The molecular formula is C15H24N2O2. The second kappa shape index (κ2) is 9.39. The molecule has 1 aromatic rings. The molecule has 0 aliphatic rings. The largest absolute Gasteiger partial charge is 0.494 e. The Kier molecular flexibility index (Phi) is 7.66. The van der Waals surface area contributed by atoms with E-state index in [0.717, 1.165) is 43.7 Å². The van der Waals surface area contributed by atoms with E-state index in [9.17, 15) is 4.79 Å². The summed E-state index contributed by atoms with van der Waals surface area (Å²) in [4.78, 5) is 11.7. The van der Waals surface area contributed by atoms with Gasteiger partial charge in [-0.3, -0.25) is 4.79 Å². The highest BCUT2D eigenvalue weighted by molar-refractivity contribution is 5.78. The van der Waals surface area contributed by atoms with Gasteiger partial charge in [0.2, 0.25) is 5.91 Å². The van der Waals surface area contributed by atoms with Crippen molar-refractivity contribution in [1.29, 1.82) is 0 Å². The summed E-state index contributed by atoms with van der Waals surface area (Å²) in [6.45, 7) is 4.06. The Morgan fingerprint density at radius 2 is 1.95 bits per heavy atom. The smallest absolute Gasteiger partial charge is 0.224 e. The molecule has 4 heteroatoms. The Hall–Kier alpha value is -1.55. The van der Waals surface area contributed by atoms with E-state index in [-0.39, 0.29) is 5.91 Å². The lowest BCUT2D eigenvalue weighted by Gasteiger charge is -2.06. The van der Waals surface area contributed by atoms with Gasteiger partial charge in [0.15, 0.2) is 0 Å². The monoisotopic (exact) mass is 264 g/mol. The van der Waals surface area contributed by atoms with E-state index in [2.05, 4.69) is 5.32 Å². The summed E-state index contributed by atoms with van der Waals surface area (Å²) in [6.07, 6.45) is 3.50. The third-order valence-corrected chi connectivity index (χ3v) is 2.80. The van der Waals surface area contributed by atoms with E-state index in [1.165, 1.54) is 0 Å². The SMILES string of the molecule is CCOc1ccc(CC(=O)NCCCCCN)cc1. The molecule has 106 valence electrons. The fraction of sp³-hybridized carbons (Fsp3) is 0.533. The molecule has 1 amide bonds. The average Bonchev–Trinajstić information content (AvgIpc) is 2.41. The zero-order chi connectivity index (χ0) is 13.9. The topological polar surface area (TPSA) is 64.3 Å². The van der Waals surface area contributed by atoms with E-state index in [1.54, 1.807) is 0 Å². The van der Waals surface area contributed by atoms with E-state index >= 15 is 0 Å². The van der Waals surface area contributed by atoms with Crippen LogP contribution in [0.3, 0.4) is 0 Å². The first-order valence-corrected chi connectivity index (χ1v) is 6.94. The minimum atomic E-state index is 0.0666. The van der Waals surface area contributed by atoms with Crippen molar-refractivity contribution in [2.24, 2.45) is 5.73 Å². The van der Waals surface area contributed by atoms with Gasteiger partial charge in [-0.25, -0.2) is 0 Å². The summed E-state index contributed by atoms with van der Waals surface area (Å²) in [6, 6.07) is 7.65. The molecule has 1 aromatic carbocycles. The van der Waals surface area contributed by atoms with Crippen LogP contribution in [-0.2, 0) is 11.2 Å². The molecule has 0 atom stereocenters. The maximum atomic E-state index is 11.7. The van der Waals surface area contributed by atoms with Crippen molar-refractivity contribution in [3.05, 3.63) is 29.8 Å². The summed E-state index contributed by atoms with van der Waals surface area (Å²) in [7, 11) is 0. The van der Waals surface area contributed by atoms with Crippen molar-refractivity contribution < 1.29 is 9.53 Å². The molecule has 0 saturated heterocycles. The number of ether oxygens (including phenoxy) is 1. The Balaban J connectivity index is 2.24. The number of rotatable bonds is 9. The Morgan fingerprint density at radius 1 is 1.21 bits per heavy atom. The number of nitrogens with two attached hydrogens (primary N) is 1. The first kappa shape index (κ1) is 15.5. The van der Waals surface area contributed by atoms with Gasteiger partial charge in [-0.2, -0.15) is 0 Å². The number of carbonyl (C=O) groups is 1. The van der Waals surface area contributed by atoms with Gasteiger partial charge >= 0.3 is 0 Å².